The van der Waals surface area contributed by atoms with Crippen molar-refractivity contribution < 1.29 is 9.53 Å². The number of aryl methyl sites for hydroxylation is 2. The molecule has 1 N–H and O–H groups in total. The molecule has 0 aliphatic rings. The van der Waals surface area contributed by atoms with Gasteiger partial charge in [0, 0.05) is 15.7 Å². The Hall–Kier alpha value is -3.07. The number of benzene rings is 3. The van der Waals surface area contributed by atoms with E-state index in [4.69, 9.17) is 16.3 Å². The number of carbonyl (C=O) groups excluding carboxylic acids is 1. The summed E-state index contributed by atoms with van der Waals surface area (Å²) in [6.45, 7) is 4.32. The smallest absolute Gasteiger partial charge is 0.266 e. The van der Waals surface area contributed by atoms with E-state index in [0.29, 0.717) is 28.6 Å². The molecule has 156 valence electrons. The van der Waals surface area contributed by atoms with Gasteiger partial charge in [-0.1, -0.05) is 57.9 Å². The van der Waals surface area contributed by atoms with Crippen LogP contribution in [0.25, 0.3) is 6.08 Å². The molecule has 0 heterocycles. The van der Waals surface area contributed by atoms with Crippen LogP contribution in [0.5, 0.6) is 5.75 Å². The highest BCUT2D eigenvalue weighted by Gasteiger charge is 2.11. The minimum Gasteiger partial charge on any atom is -0.487 e. The molecule has 0 spiro atoms. The lowest BCUT2D eigenvalue weighted by atomic mass is 10.1. The Labute approximate surface area is 195 Å². The molecule has 0 radical (unpaired) electrons. The van der Waals surface area contributed by atoms with Crippen LogP contribution in [-0.4, -0.2) is 5.91 Å². The number of carbonyl (C=O) groups is 1. The Bertz CT molecular complexity index is 1200. The van der Waals surface area contributed by atoms with Gasteiger partial charge in [0.25, 0.3) is 5.91 Å². The normalized spacial score (nSPS) is 11.0. The van der Waals surface area contributed by atoms with Crippen LogP contribution in [0.2, 0.25) is 5.02 Å². The lowest BCUT2D eigenvalue weighted by Gasteiger charge is -2.10. The lowest BCUT2D eigenvalue weighted by molar-refractivity contribution is -0.112. The number of halogens is 2. The number of nitrogens with zero attached hydrogens (tertiary/aromatic N) is 1. The number of amides is 1. The van der Waals surface area contributed by atoms with E-state index >= 15 is 0 Å². The van der Waals surface area contributed by atoms with Crippen LogP contribution in [0, 0.1) is 25.2 Å². The maximum atomic E-state index is 12.5. The Morgan fingerprint density at radius 3 is 2.58 bits per heavy atom. The first kappa shape index (κ1) is 22.6. The maximum Gasteiger partial charge on any atom is 0.266 e. The van der Waals surface area contributed by atoms with E-state index in [1.807, 2.05) is 62.4 Å². The molecule has 0 bridgehead atoms. The molecule has 3 aromatic carbocycles. The van der Waals surface area contributed by atoms with Crippen molar-refractivity contribution in [3.05, 3.63) is 98.0 Å². The van der Waals surface area contributed by atoms with Crippen molar-refractivity contribution in [2.45, 2.75) is 20.5 Å². The number of hydrogen-bond acceptors (Lipinski definition) is 3. The van der Waals surface area contributed by atoms with Crippen LogP contribution < -0.4 is 10.1 Å². The fourth-order valence-electron chi connectivity index (χ4n) is 2.83. The molecular weight excluding hydrogens is 476 g/mol. The molecule has 4 nitrogen and oxygen atoms in total. The molecule has 0 atom stereocenters. The summed E-state index contributed by atoms with van der Waals surface area (Å²) in [5.74, 6) is 0.0452. The summed E-state index contributed by atoms with van der Waals surface area (Å²) in [5.41, 5.74) is 4.44. The zero-order valence-corrected chi connectivity index (χ0v) is 19.4. The van der Waals surface area contributed by atoms with Crippen molar-refractivity contribution in [1.29, 1.82) is 5.26 Å². The summed E-state index contributed by atoms with van der Waals surface area (Å²) >= 11 is 9.84. The van der Waals surface area contributed by atoms with Gasteiger partial charge >= 0.3 is 0 Å². The summed E-state index contributed by atoms with van der Waals surface area (Å²) in [7, 11) is 0. The number of ether oxygens (including phenoxy) is 1. The molecule has 0 aliphatic heterocycles. The first-order valence-electron chi connectivity index (χ1n) is 9.53. The van der Waals surface area contributed by atoms with Gasteiger partial charge in [-0.15, -0.1) is 0 Å². The van der Waals surface area contributed by atoms with Crippen molar-refractivity contribution in [3.8, 4) is 11.8 Å². The summed E-state index contributed by atoms with van der Waals surface area (Å²) in [6.07, 6.45) is 1.50. The van der Waals surface area contributed by atoms with Crippen LogP contribution in [0.3, 0.4) is 0 Å². The average Bonchev–Trinajstić information content (AvgIpc) is 2.75. The van der Waals surface area contributed by atoms with Gasteiger partial charge in [0.1, 0.15) is 24.0 Å². The fraction of sp³-hybridized carbons (Fsp3) is 0.120. The van der Waals surface area contributed by atoms with Crippen molar-refractivity contribution in [2.75, 3.05) is 5.32 Å². The predicted octanol–water partition coefficient (Wildman–Crippen LogP) is 6.84. The molecule has 3 aromatic rings. The Morgan fingerprint density at radius 1 is 1.13 bits per heavy atom. The molecular formula is C25H20BrClN2O2. The van der Waals surface area contributed by atoms with Crippen molar-refractivity contribution in [2.24, 2.45) is 0 Å². The molecule has 0 fully saturated rings. The molecule has 6 heteroatoms. The number of anilines is 1. The Balaban J connectivity index is 1.72. The minimum atomic E-state index is -0.476. The standard InChI is InChI=1S/C25H20BrClN2O2/c1-16-7-9-21(11-17(16)2)29-25(30)20(14-28)12-18-8-10-24(23(27)13-18)31-15-19-5-3-4-6-22(19)26/h3-13H,15H2,1-2H3,(H,29,30)/b20-12+. The SMILES string of the molecule is Cc1ccc(NC(=O)/C(C#N)=C/c2ccc(OCc3ccccc3Br)c(Cl)c2)cc1C. The third-order valence-electron chi connectivity index (χ3n) is 4.74. The fourth-order valence-corrected chi connectivity index (χ4v) is 3.47. The number of rotatable bonds is 6. The van der Waals surface area contributed by atoms with Gasteiger partial charge in [-0.25, -0.2) is 0 Å². The number of nitrogens with one attached hydrogen (secondary N) is 1. The summed E-state index contributed by atoms with van der Waals surface area (Å²) in [5, 5.41) is 12.6. The van der Waals surface area contributed by atoms with E-state index in [1.54, 1.807) is 18.2 Å². The summed E-state index contributed by atoms with van der Waals surface area (Å²) in [4.78, 5) is 12.5. The van der Waals surface area contributed by atoms with Crippen molar-refractivity contribution >= 4 is 45.2 Å². The molecule has 31 heavy (non-hydrogen) atoms. The quantitative estimate of drug-likeness (QED) is 0.301. The van der Waals surface area contributed by atoms with E-state index in [0.717, 1.165) is 21.2 Å². The van der Waals surface area contributed by atoms with Gasteiger partial charge in [-0.2, -0.15) is 5.26 Å². The predicted molar refractivity (Wildman–Crippen MR) is 128 cm³/mol. The first-order valence-corrected chi connectivity index (χ1v) is 10.7. The van der Waals surface area contributed by atoms with E-state index in [9.17, 15) is 10.1 Å². The maximum absolute atomic E-state index is 12.5. The van der Waals surface area contributed by atoms with E-state index in [1.165, 1.54) is 6.08 Å². The summed E-state index contributed by atoms with van der Waals surface area (Å²) < 4.78 is 6.77. The molecule has 0 aromatic heterocycles. The second-order valence-corrected chi connectivity index (χ2v) is 8.25. The van der Waals surface area contributed by atoms with Crippen LogP contribution in [0.15, 0.2) is 70.7 Å². The number of hydrogen-bond donors (Lipinski definition) is 1. The third-order valence-corrected chi connectivity index (χ3v) is 5.81. The van der Waals surface area contributed by atoms with Crippen molar-refractivity contribution in [3.63, 3.8) is 0 Å². The zero-order valence-electron chi connectivity index (χ0n) is 17.1. The van der Waals surface area contributed by atoms with Gasteiger partial charge in [-0.05, 0) is 66.9 Å². The van der Waals surface area contributed by atoms with Gasteiger partial charge in [-0.3, -0.25) is 4.79 Å². The minimum absolute atomic E-state index is 0.0174. The summed E-state index contributed by atoms with van der Waals surface area (Å²) in [6, 6.07) is 20.5. The number of nitriles is 1. The Morgan fingerprint density at radius 2 is 1.90 bits per heavy atom. The molecule has 0 aliphatic carbocycles. The van der Waals surface area contributed by atoms with Crippen LogP contribution in [0.4, 0.5) is 5.69 Å². The first-order chi connectivity index (χ1) is 14.9. The molecule has 0 saturated heterocycles. The average molecular weight is 496 g/mol. The monoisotopic (exact) mass is 494 g/mol. The van der Waals surface area contributed by atoms with Gasteiger partial charge in [0.2, 0.25) is 0 Å². The van der Waals surface area contributed by atoms with Crippen molar-refractivity contribution in [1.82, 2.24) is 0 Å². The second kappa shape index (κ2) is 10.3. The van der Waals surface area contributed by atoms with Crippen LogP contribution in [-0.2, 0) is 11.4 Å². The van der Waals surface area contributed by atoms with E-state index in [2.05, 4.69) is 21.2 Å². The topological polar surface area (TPSA) is 62.1 Å². The molecule has 1 amide bonds. The Kier molecular flexibility index (Phi) is 7.51. The molecule has 0 saturated carbocycles. The van der Waals surface area contributed by atoms with E-state index < -0.39 is 5.91 Å². The highest BCUT2D eigenvalue weighted by atomic mass is 79.9. The van der Waals surface area contributed by atoms with Crippen LogP contribution in [0.1, 0.15) is 22.3 Å². The zero-order chi connectivity index (χ0) is 22.4. The van der Waals surface area contributed by atoms with Gasteiger partial charge in [0.05, 0.1) is 5.02 Å². The third kappa shape index (κ3) is 5.97. The molecule has 0 unspecified atom stereocenters. The van der Waals surface area contributed by atoms with Crippen LogP contribution >= 0.6 is 27.5 Å². The highest BCUT2D eigenvalue weighted by molar-refractivity contribution is 9.10. The second-order valence-electron chi connectivity index (χ2n) is 6.99. The molecule has 3 rings (SSSR count). The van der Waals surface area contributed by atoms with E-state index in [-0.39, 0.29) is 5.57 Å². The van der Waals surface area contributed by atoms with Gasteiger partial charge in [0.15, 0.2) is 0 Å². The van der Waals surface area contributed by atoms with Gasteiger partial charge < -0.3 is 10.1 Å². The lowest BCUT2D eigenvalue weighted by Crippen LogP contribution is -2.13. The highest BCUT2D eigenvalue weighted by Crippen LogP contribution is 2.28. The largest absolute Gasteiger partial charge is 0.487 e.